The lowest BCUT2D eigenvalue weighted by atomic mass is 10.1. The number of fused-ring (bicyclic) bond motifs is 1. The van der Waals surface area contributed by atoms with E-state index in [4.69, 9.17) is 8.92 Å². The number of benzene rings is 2. The molecule has 1 aliphatic rings. The predicted octanol–water partition coefficient (Wildman–Crippen LogP) is 3.07. The lowest BCUT2D eigenvalue weighted by molar-refractivity contribution is -0.143. The van der Waals surface area contributed by atoms with Crippen molar-refractivity contribution in [2.75, 3.05) is 19.4 Å². The van der Waals surface area contributed by atoms with Crippen LogP contribution >= 0.6 is 0 Å². The Hall–Kier alpha value is -2.01. The summed E-state index contributed by atoms with van der Waals surface area (Å²) in [6, 6.07) is 11.7. The van der Waals surface area contributed by atoms with Gasteiger partial charge in [0.25, 0.3) is 10.1 Å². The molecule has 0 N–H and O–H groups in total. The Morgan fingerprint density at radius 3 is 2.41 bits per heavy atom. The highest BCUT2D eigenvalue weighted by atomic mass is 32.2. The van der Waals surface area contributed by atoms with Crippen LogP contribution in [0.1, 0.15) is 39.0 Å². The average Bonchev–Trinajstić information content (AvgIpc) is 2.95. The van der Waals surface area contributed by atoms with Crippen molar-refractivity contribution in [1.29, 1.82) is 0 Å². The zero-order valence-corrected chi connectivity index (χ0v) is 19.9. The van der Waals surface area contributed by atoms with E-state index >= 15 is 0 Å². The smallest absolute Gasteiger partial charge is 0.321 e. The third-order valence-corrected chi connectivity index (χ3v) is 8.00. The number of rotatable bonds is 8. The first-order valence-electron chi connectivity index (χ1n) is 10.6. The second-order valence-electron chi connectivity index (χ2n) is 7.96. The molecule has 2 unspecified atom stereocenters. The molecule has 2 aromatic carbocycles. The van der Waals surface area contributed by atoms with Crippen molar-refractivity contribution in [2.45, 2.75) is 56.1 Å². The minimum Gasteiger partial charge on any atom is -0.465 e. The van der Waals surface area contributed by atoms with Crippen LogP contribution in [0.15, 0.2) is 47.4 Å². The summed E-state index contributed by atoms with van der Waals surface area (Å²) < 4.78 is 62.1. The van der Waals surface area contributed by atoms with Gasteiger partial charge in [0.05, 0.1) is 23.9 Å². The first kappa shape index (κ1) is 24.6. The van der Waals surface area contributed by atoms with E-state index in [1.54, 1.807) is 19.1 Å². The van der Waals surface area contributed by atoms with E-state index in [-0.39, 0.29) is 17.9 Å². The van der Waals surface area contributed by atoms with E-state index < -0.39 is 44.8 Å². The van der Waals surface area contributed by atoms with Crippen LogP contribution in [0.25, 0.3) is 10.8 Å². The summed E-state index contributed by atoms with van der Waals surface area (Å²) in [5.41, 5.74) is 0. The Bertz CT molecular complexity index is 1160. The molecule has 0 aromatic heterocycles. The van der Waals surface area contributed by atoms with Crippen LogP contribution in [0.3, 0.4) is 0 Å². The number of ether oxygens (including phenoxy) is 1. The third kappa shape index (κ3) is 6.28. The maximum Gasteiger partial charge on any atom is 0.321 e. The monoisotopic (exact) mass is 483 g/mol. The van der Waals surface area contributed by atoms with E-state index in [1.165, 1.54) is 6.07 Å². The standard InChI is InChI=1S/C22H29NO7S2/c1-3-29-22(24)16-23(19-10-6-7-11-20(15-19)30-31(2,25)26)32(27,28)21-13-12-17-8-4-5-9-18(17)14-21/h4-5,8-9,12-14,19-20H,3,6-7,10-11,15-16H2,1-2H3. The summed E-state index contributed by atoms with van der Waals surface area (Å²) in [6.45, 7) is 1.34. The quantitative estimate of drug-likeness (QED) is 0.323. The largest absolute Gasteiger partial charge is 0.465 e. The van der Waals surface area contributed by atoms with E-state index in [2.05, 4.69) is 0 Å². The molecule has 0 amide bonds. The van der Waals surface area contributed by atoms with E-state index in [9.17, 15) is 21.6 Å². The van der Waals surface area contributed by atoms with E-state index in [0.717, 1.165) is 21.3 Å². The van der Waals surface area contributed by atoms with Crippen LogP contribution in [0.2, 0.25) is 0 Å². The number of hydrogen-bond donors (Lipinski definition) is 0. The molecule has 3 rings (SSSR count). The van der Waals surface area contributed by atoms with Crippen LogP contribution in [-0.4, -0.2) is 58.7 Å². The van der Waals surface area contributed by atoms with Gasteiger partial charge in [-0.3, -0.25) is 8.98 Å². The Balaban J connectivity index is 1.98. The first-order valence-corrected chi connectivity index (χ1v) is 13.9. The van der Waals surface area contributed by atoms with Crippen molar-refractivity contribution in [3.63, 3.8) is 0 Å². The summed E-state index contributed by atoms with van der Waals surface area (Å²) >= 11 is 0. The van der Waals surface area contributed by atoms with Crippen molar-refractivity contribution < 1.29 is 30.6 Å². The Morgan fingerprint density at radius 2 is 1.72 bits per heavy atom. The van der Waals surface area contributed by atoms with Crippen LogP contribution in [0.4, 0.5) is 0 Å². The fourth-order valence-corrected chi connectivity index (χ4v) is 6.41. The Kier molecular flexibility index (Phi) is 7.92. The molecule has 176 valence electrons. The van der Waals surface area contributed by atoms with Crippen molar-refractivity contribution in [1.82, 2.24) is 4.31 Å². The Morgan fingerprint density at radius 1 is 1.03 bits per heavy atom. The number of carbonyl (C=O) groups is 1. The highest BCUT2D eigenvalue weighted by Gasteiger charge is 2.36. The van der Waals surface area contributed by atoms with Crippen molar-refractivity contribution >= 4 is 36.9 Å². The Labute approximate surface area is 189 Å². The molecule has 0 radical (unpaired) electrons. The predicted molar refractivity (Wildman–Crippen MR) is 121 cm³/mol. The average molecular weight is 484 g/mol. The van der Waals surface area contributed by atoms with Gasteiger partial charge in [0.15, 0.2) is 0 Å². The molecular weight excluding hydrogens is 454 g/mol. The highest BCUT2D eigenvalue weighted by Crippen LogP contribution is 2.30. The van der Waals surface area contributed by atoms with Gasteiger partial charge in [-0.1, -0.05) is 43.2 Å². The summed E-state index contributed by atoms with van der Waals surface area (Å²) in [7, 11) is -7.75. The molecule has 1 aliphatic carbocycles. The molecule has 2 aromatic rings. The summed E-state index contributed by atoms with van der Waals surface area (Å²) in [6.07, 6.45) is 2.92. The minimum absolute atomic E-state index is 0.0744. The second kappa shape index (κ2) is 10.3. The third-order valence-electron chi connectivity index (χ3n) is 5.48. The molecule has 1 fully saturated rings. The van der Waals surface area contributed by atoms with Crippen LogP contribution in [0, 0.1) is 0 Å². The van der Waals surface area contributed by atoms with Crippen LogP contribution in [0.5, 0.6) is 0 Å². The zero-order chi connectivity index (χ0) is 23.4. The molecule has 0 bridgehead atoms. The molecule has 0 aliphatic heterocycles. The lowest BCUT2D eigenvalue weighted by Gasteiger charge is -2.31. The molecule has 32 heavy (non-hydrogen) atoms. The maximum absolute atomic E-state index is 13.7. The zero-order valence-electron chi connectivity index (χ0n) is 18.3. The topological polar surface area (TPSA) is 107 Å². The van der Waals surface area contributed by atoms with Gasteiger partial charge < -0.3 is 4.74 Å². The normalized spacial score (nSPS) is 20.2. The summed E-state index contributed by atoms with van der Waals surface area (Å²) in [5.74, 6) is -0.651. The number of carbonyl (C=O) groups excluding carboxylic acids is 1. The first-order chi connectivity index (χ1) is 15.1. The molecule has 2 atom stereocenters. The lowest BCUT2D eigenvalue weighted by Crippen LogP contribution is -2.45. The SMILES string of the molecule is CCOC(=O)CN(C1CCCCC(OS(C)(=O)=O)C1)S(=O)(=O)c1ccc2ccccc2c1. The molecule has 10 heteroatoms. The van der Waals surface area contributed by atoms with E-state index in [0.29, 0.717) is 25.7 Å². The van der Waals surface area contributed by atoms with Crippen LogP contribution < -0.4 is 0 Å². The van der Waals surface area contributed by atoms with Gasteiger partial charge >= 0.3 is 5.97 Å². The second-order valence-corrected chi connectivity index (χ2v) is 11.5. The van der Waals surface area contributed by atoms with Crippen molar-refractivity contribution in [3.05, 3.63) is 42.5 Å². The molecule has 0 heterocycles. The van der Waals surface area contributed by atoms with Gasteiger partial charge in [-0.2, -0.15) is 12.7 Å². The number of hydrogen-bond acceptors (Lipinski definition) is 7. The number of nitrogens with zero attached hydrogens (tertiary/aromatic N) is 1. The maximum atomic E-state index is 13.7. The van der Waals surface area contributed by atoms with Crippen LogP contribution in [-0.2, 0) is 33.9 Å². The van der Waals surface area contributed by atoms with Gasteiger partial charge in [-0.05, 0) is 49.1 Å². The molecule has 0 spiro atoms. The van der Waals surface area contributed by atoms with Gasteiger partial charge in [-0.25, -0.2) is 8.42 Å². The van der Waals surface area contributed by atoms with E-state index in [1.807, 2.05) is 24.3 Å². The summed E-state index contributed by atoms with van der Waals surface area (Å²) in [4.78, 5) is 12.4. The van der Waals surface area contributed by atoms with Crippen molar-refractivity contribution in [2.24, 2.45) is 0 Å². The minimum atomic E-state index is -4.06. The summed E-state index contributed by atoms with van der Waals surface area (Å²) in [5, 5.41) is 1.67. The van der Waals surface area contributed by atoms with Gasteiger partial charge in [0.1, 0.15) is 6.54 Å². The molecule has 1 saturated carbocycles. The van der Waals surface area contributed by atoms with Crippen molar-refractivity contribution in [3.8, 4) is 0 Å². The molecular formula is C22H29NO7S2. The molecule has 0 saturated heterocycles. The van der Waals surface area contributed by atoms with Gasteiger partial charge in [0, 0.05) is 6.04 Å². The number of esters is 1. The van der Waals surface area contributed by atoms with Gasteiger partial charge in [0.2, 0.25) is 10.0 Å². The fraction of sp³-hybridized carbons (Fsp3) is 0.500. The van der Waals surface area contributed by atoms with Gasteiger partial charge in [-0.15, -0.1) is 0 Å². The highest BCUT2D eigenvalue weighted by molar-refractivity contribution is 7.89. The number of sulfonamides is 1. The molecule has 8 nitrogen and oxygen atoms in total. The fourth-order valence-electron chi connectivity index (χ4n) is 4.09.